The van der Waals surface area contributed by atoms with Crippen LogP contribution < -0.4 is 0 Å². The standard InChI is InChI=1S/C12H11ClN2O3/c1-3-17-12(16)10-7(2)15-18-11(10)8-4-5-14-9(13)6-8/h4-6H,3H2,1-2H3. The molecule has 2 aromatic rings. The first-order valence-electron chi connectivity index (χ1n) is 5.38. The lowest BCUT2D eigenvalue weighted by atomic mass is 10.1. The number of ether oxygens (including phenoxy) is 1. The van der Waals surface area contributed by atoms with Crippen LogP contribution >= 0.6 is 11.6 Å². The minimum absolute atomic E-state index is 0.292. The quantitative estimate of drug-likeness (QED) is 0.631. The molecule has 0 aliphatic rings. The van der Waals surface area contributed by atoms with Crippen molar-refractivity contribution in [3.8, 4) is 11.3 Å². The number of halogens is 1. The fraction of sp³-hybridized carbons (Fsp3) is 0.250. The van der Waals surface area contributed by atoms with Crippen LogP contribution in [0.1, 0.15) is 23.0 Å². The predicted octanol–water partition coefficient (Wildman–Crippen LogP) is 2.88. The van der Waals surface area contributed by atoms with Crippen LogP contribution in [0.15, 0.2) is 22.9 Å². The molecule has 0 N–H and O–H groups in total. The number of hydrogen-bond acceptors (Lipinski definition) is 5. The van der Waals surface area contributed by atoms with Gasteiger partial charge in [0, 0.05) is 11.8 Å². The van der Waals surface area contributed by atoms with E-state index in [0.717, 1.165) is 0 Å². The Morgan fingerprint density at radius 3 is 3.00 bits per heavy atom. The maximum Gasteiger partial charge on any atom is 0.344 e. The van der Waals surface area contributed by atoms with E-state index in [1.54, 1.807) is 26.0 Å². The summed E-state index contributed by atoms with van der Waals surface area (Å²) in [6.07, 6.45) is 1.53. The minimum atomic E-state index is -0.459. The number of aryl methyl sites for hydroxylation is 1. The average Bonchev–Trinajstić information content (AvgIpc) is 2.71. The molecule has 2 rings (SSSR count). The first-order valence-corrected chi connectivity index (χ1v) is 5.76. The Bertz CT molecular complexity index is 580. The van der Waals surface area contributed by atoms with Gasteiger partial charge >= 0.3 is 5.97 Å². The van der Waals surface area contributed by atoms with Gasteiger partial charge in [-0.15, -0.1) is 0 Å². The number of nitrogens with zero attached hydrogens (tertiary/aromatic N) is 2. The van der Waals surface area contributed by atoms with Crippen LogP contribution in [-0.2, 0) is 4.74 Å². The van der Waals surface area contributed by atoms with E-state index in [4.69, 9.17) is 20.9 Å². The fourth-order valence-electron chi connectivity index (χ4n) is 1.55. The second-order valence-electron chi connectivity index (χ2n) is 3.56. The van der Waals surface area contributed by atoms with Crippen molar-refractivity contribution >= 4 is 17.6 Å². The highest BCUT2D eigenvalue weighted by Gasteiger charge is 2.22. The molecule has 0 atom stereocenters. The molecule has 0 aromatic carbocycles. The van der Waals surface area contributed by atoms with Crippen molar-refractivity contribution in [2.45, 2.75) is 13.8 Å². The van der Waals surface area contributed by atoms with Gasteiger partial charge in [-0.1, -0.05) is 16.8 Å². The molecule has 0 aliphatic heterocycles. The Kier molecular flexibility index (Phi) is 3.62. The molecule has 0 bridgehead atoms. The fourth-order valence-corrected chi connectivity index (χ4v) is 1.73. The van der Waals surface area contributed by atoms with E-state index in [2.05, 4.69) is 10.1 Å². The van der Waals surface area contributed by atoms with Gasteiger partial charge in [0.25, 0.3) is 0 Å². The second kappa shape index (κ2) is 5.18. The number of carbonyl (C=O) groups is 1. The third kappa shape index (κ3) is 2.36. The Morgan fingerprint density at radius 2 is 2.33 bits per heavy atom. The van der Waals surface area contributed by atoms with Gasteiger partial charge in [0.15, 0.2) is 5.76 Å². The summed E-state index contributed by atoms with van der Waals surface area (Å²) in [6, 6.07) is 3.29. The Balaban J connectivity index is 2.49. The zero-order chi connectivity index (χ0) is 13.1. The van der Waals surface area contributed by atoms with Crippen LogP contribution in [0.5, 0.6) is 0 Å². The number of carbonyl (C=O) groups excluding carboxylic acids is 1. The molecule has 2 heterocycles. The molecular weight excluding hydrogens is 256 g/mol. The molecule has 0 amide bonds. The molecule has 18 heavy (non-hydrogen) atoms. The van der Waals surface area contributed by atoms with Crippen molar-refractivity contribution in [1.29, 1.82) is 0 Å². The molecule has 0 aliphatic carbocycles. The van der Waals surface area contributed by atoms with Crippen LogP contribution in [0, 0.1) is 6.92 Å². The van der Waals surface area contributed by atoms with Crippen molar-refractivity contribution in [3.63, 3.8) is 0 Å². The first kappa shape index (κ1) is 12.6. The van der Waals surface area contributed by atoms with Gasteiger partial charge < -0.3 is 9.26 Å². The van der Waals surface area contributed by atoms with E-state index in [1.165, 1.54) is 6.20 Å². The van der Waals surface area contributed by atoms with Crippen LogP contribution in [0.4, 0.5) is 0 Å². The van der Waals surface area contributed by atoms with Gasteiger partial charge in [0.1, 0.15) is 10.7 Å². The van der Waals surface area contributed by atoms with Crippen molar-refractivity contribution in [2.24, 2.45) is 0 Å². The molecule has 5 nitrogen and oxygen atoms in total. The molecule has 94 valence electrons. The second-order valence-corrected chi connectivity index (χ2v) is 3.95. The van der Waals surface area contributed by atoms with Gasteiger partial charge in [0.2, 0.25) is 0 Å². The van der Waals surface area contributed by atoms with Crippen LogP contribution in [-0.4, -0.2) is 22.7 Å². The van der Waals surface area contributed by atoms with Gasteiger partial charge in [-0.2, -0.15) is 0 Å². The average molecular weight is 267 g/mol. The predicted molar refractivity (Wildman–Crippen MR) is 65.4 cm³/mol. The van der Waals surface area contributed by atoms with Crippen molar-refractivity contribution < 1.29 is 14.1 Å². The van der Waals surface area contributed by atoms with E-state index in [1.807, 2.05) is 0 Å². The Hall–Kier alpha value is -1.88. The summed E-state index contributed by atoms with van der Waals surface area (Å²) < 4.78 is 10.1. The Labute approximate surface area is 109 Å². The monoisotopic (exact) mass is 266 g/mol. The summed E-state index contributed by atoms with van der Waals surface area (Å²) in [7, 11) is 0. The largest absolute Gasteiger partial charge is 0.462 e. The SMILES string of the molecule is CCOC(=O)c1c(C)noc1-c1ccnc(Cl)c1. The maximum atomic E-state index is 11.8. The summed E-state index contributed by atoms with van der Waals surface area (Å²) in [4.78, 5) is 15.7. The van der Waals surface area contributed by atoms with E-state index in [9.17, 15) is 4.79 Å². The lowest BCUT2D eigenvalue weighted by Crippen LogP contribution is -2.06. The topological polar surface area (TPSA) is 65.2 Å². The number of esters is 1. The molecule has 0 radical (unpaired) electrons. The lowest BCUT2D eigenvalue weighted by molar-refractivity contribution is 0.0526. The molecule has 0 spiro atoms. The summed E-state index contributed by atoms with van der Waals surface area (Å²) in [5, 5.41) is 4.10. The van der Waals surface area contributed by atoms with Crippen molar-refractivity contribution in [1.82, 2.24) is 10.1 Å². The number of hydrogen-bond donors (Lipinski definition) is 0. The third-order valence-corrected chi connectivity index (χ3v) is 2.54. The molecule has 6 heteroatoms. The molecule has 2 aromatic heterocycles. The zero-order valence-corrected chi connectivity index (χ0v) is 10.7. The van der Waals surface area contributed by atoms with Gasteiger partial charge in [-0.05, 0) is 26.0 Å². The molecule has 0 saturated heterocycles. The molecule has 0 unspecified atom stereocenters. The highest BCUT2D eigenvalue weighted by Crippen LogP contribution is 2.27. The van der Waals surface area contributed by atoms with Gasteiger partial charge in [0.05, 0.1) is 12.3 Å². The van der Waals surface area contributed by atoms with Crippen LogP contribution in [0.2, 0.25) is 5.15 Å². The van der Waals surface area contributed by atoms with Gasteiger partial charge in [-0.25, -0.2) is 9.78 Å². The summed E-state index contributed by atoms with van der Waals surface area (Å²) in [5.74, 6) is -0.116. The third-order valence-electron chi connectivity index (χ3n) is 2.33. The number of rotatable bonds is 3. The zero-order valence-electron chi connectivity index (χ0n) is 9.94. The van der Waals surface area contributed by atoms with E-state index < -0.39 is 5.97 Å². The van der Waals surface area contributed by atoms with Crippen molar-refractivity contribution in [3.05, 3.63) is 34.7 Å². The molecule has 0 saturated carbocycles. The van der Waals surface area contributed by atoms with E-state index in [-0.39, 0.29) is 0 Å². The maximum absolute atomic E-state index is 11.8. The Morgan fingerprint density at radius 1 is 1.56 bits per heavy atom. The lowest BCUT2D eigenvalue weighted by Gasteiger charge is -2.02. The number of aromatic nitrogens is 2. The smallest absolute Gasteiger partial charge is 0.344 e. The van der Waals surface area contributed by atoms with Crippen LogP contribution in [0.25, 0.3) is 11.3 Å². The van der Waals surface area contributed by atoms with Gasteiger partial charge in [-0.3, -0.25) is 0 Å². The van der Waals surface area contributed by atoms with E-state index >= 15 is 0 Å². The highest BCUT2D eigenvalue weighted by molar-refractivity contribution is 6.29. The minimum Gasteiger partial charge on any atom is -0.462 e. The first-order chi connectivity index (χ1) is 8.63. The number of pyridine rings is 1. The normalized spacial score (nSPS) is 10.4. The molecule has 0 fully saturated rings. The highest BCUT2D eigenvalue weighted by atomic mass is 35.5. The van der Waals surface area contributed by atoms with Crippen LogP contribution in [0.3, 0.4) is 0 Å². The van der Waals surface area contributed by atoms with E-state index in [0.29, 0.717) is 34.3 Å². The molecular formula is C12H11ClN2O3. The summed E-state index contributed by atoms with van der Waals surface area (Å²) >= 11 is 5.81. The van der Waals surface area contributed by atoms with Crippen molar-refractivity contribution in [2.75, 3.05) is 6.61 Å². The summed E-state index contributed by atoms with van der Waals surface area (Å²) in [6.45, 7) is 3.71. The summed E-state index contributed by atoms with van der Waals surface area (Å²) in [5.41, 5.74) is 1.44.